The summed E-state index contributed by atoms with van der Waals surface area (Å²) in [6.45, 7) is 2.51. The number of benzene rings is 2. The van der Waals surface area contributed by atoms with Crippen molar-refractivity contribution in [1.29, 1.82) is 0 Å². The summed E-state index contributed by atoms with van der Waals surface area (Å²) >= 11 is 0. The lowest BCUT2D eigenvalue weighted by Crippen LogP contribution is -2.47. The Labute approximate surface area is 192 Å². The second-order valence-electron chi connectivity index (χ2n) is 8.85. The molecule has 2 aromatic heterocycles. The summed E-state index contributed by atoms with van der Waals surface area (Å²) in [5.74, 6) is 0.926. The Kier molecular flexibility index (Phi) is 4.75. The molecular weight excluding hydrogens is 414 g/mol. The molecule has 0 aliphatic carbocycles. The number of anilines is 2. The molecule has 2 aliphatic heterocycles. The number of nitrogens with zero attached hydrogens (tertiary/aromatic N) is 4. The number of carbonyl (C=O) groups is 1. The van der Waals surface area contributed by atoms with Crippen LogP contribution >= 0.6 is 0 Å². The molecule has 1 saturated heterocycles. The number of likely N-dealkylation sites (tertiary alicyclic amines) is 1. The SMILES string of the molecule is O=C(OCc1ccccc1)N1CCC2(CC1)CN(c1ncnc3[nH]ccc13)c1ccccc12. The molecule has 0 unspecified atom stereocenters. The van der Waals surface area contributed by atoms with Crippen molar-refractivity contribution in [3.05, 3.63) is 84.3 Å². The van der Waals surface area contributed by atoms with E-state index in [1.54, 1.807) is 6.33 Å². The van der Waals surface area contributed by atoms with Gasteiger partial charge in [-0.1, -0.05) is 48.5 Å². The summed E-state index contributed by atoms with van der Waals surface area (Å²) in [6, 6.07) is 20.4. The number of rotatable bonds is 3. The lowest BCUT2D eigenvalue weighted by atomic mass is 9.74. The Balaban J connectivity index is 1.21. The van der Waals surface area contributed by atoms with Gasteiger partial charge in [-0.2, -0.15) is 0 Å². The van der Waals surface area contributed by atoms with E-state index in [4.69, 9.17) is 4.74 Å². The molecule has 33 heavy (non-hydrogen) atoms. The van der Waals surface area contributed by atoms with Crippen molar-refractivity contribution in [2.75, 3.05) is 24.5 Å². The maximum atomic E-state index is 12.7. The zero-order chi connectivity index (χ0) is 22.3. The maximum Gasteiger partial charge on any atom is 0.410 e. The average molecular weight is 440 g/mol. The number of aromatic amines is 1. The molecule has 7 nitrogen and oxygen atoms in total. The van der Waals surface area contributed by atoms with Gasteiger partial charge in [-0.25, -0.2) is 14.8 Å². The van der Waals surface area contributed by atoms with E-state index in [-0.39, 0.29) is 11.5 Å². The molecule has 0 radical (unpaired) electrons. The van der Waals surface area contributed by atoms with E-state index < -0.39 is 0 Å². The third-order valence-corrected chi connectivity index (χ3v) is 7.00. The molecular formula is C26H25N5O2. The van der Waals surface area contributed by atoms with E-state index in [2.05, 4.69) is 44.1 Å². The molecule has 4 aromatic rings. The number of aromatic nitrogens is 3. The van der Waals surface area contributed by atoms with Crippen LogP contribution in [0.25, 0.3) is 11.0 Å². The van der Waals surface area contributed by atoms with Crippen LogP contribution in [0.3, 0.4) is 0 Å². The Morgan fingerprint density at radius 1 is 1.00 bits per heavy atom. The summed E-state index contributed by atoms with van der Waals surface area (Å²) in [7, 11) is 0. The van der Waals surface area contributed by atoms with Crippen LogP contribution in [0.4, 0.5) is 16.3 Å². The zero-order valence-electron chi connectivity index (χ0n) is 18.3. The van der Waals surface area contributed by atoms with Gasteiger partial charge in [0.15, 0.2) is 0 Å². The van der Waals surface area contributed by atoms with Crippen LogP contribution in [0, 0.1) is 0 Å². The number of hydrogen-bond acceptors (Lipinski definition) is 5. The molecule has 1 N–H and O–H groups in total. The van der Waals surface area contributed by atoms with Gasteiger partial charge >= 0.3 is 6.09 Å². The van der Waals surface area contributed by atoms with Crippen LogP contribution in [-0.2, 0) is 16.8 Å². The standard InChI is InChI=1S/C26H25N5O2/c32-25(33-16-19-6-2-1-3-7-19)30-14-11-26(12-15-30)17-31(22-9-5-4-8-21(22)26)24-20-10-13-27-23(20)28-18-29-24/h1-10,13,18H,11-12,14-17H2,(H,27,28,29). The van der Waals surface area contributed by atoms with E-state index in [9.17, 15) is 4.79 Å². The smallest absolute Gasteiger partial charge is 0.410 e. The second-order valence-corrected chi connectivity index (χ2v) is 8.85. The van der Waals surface area contributed by atoms with Crippen LogP contribution in [0.15, 0.2) is 73.2 Å². The first kappa shape index (κ1) is 19.8. The topological polar surface area (TPSA) is 74.3 Å². The summed E-state index contributed by atoms with van der Waals surface area (Å²) in [5.41, 5.74) is 4.36. The van der Waals surface area contributed by atoms with Gasteiger partial charge in [0.25, 0.3) is 0 Å². The highest BCUT2D eigenvalue weighted by Gasteiger charge is 2.46. The van der Waals surface area contributed by atoms with Crippen LogP contribution in [0.2, 0.25) is 0 Å². The van der Waals surface area contributed by atoms with Gasteiger partial charge in [0, 0.05) is 36.9 Å². The summed E-state index contributed by atoms with van der Waals surface area (Å²) in [5, 5.41) is 1.02. The van der Waals surface area contributed by atoms with Crippen molar-refractivity contribution in [2.24, 2.45) is 0 Å². The molecule has 2 aliphatic rings. The highest BCUT2D eigenvalue weighted by molar-refractivity contribution is 5.91. The second kappa shape index (κ2) is 7.92. The minimum absolute atomic E-state index is 0.0135. The largest absolute Gasteiger partial charge is 0.445 e. The Morgan fingerprint density at radius 3 is 2.64 bits per heavy atom. The predicted molar refractivity (Wildman–Crippen MR) is 126 cm³/mol. The number of ether oxygens (including phenoxy) is 1. The molecule has 1 spiro atoms. The van der Waals surface area contributed by atoms with Crippen LogP contribution < -0.4 is 4.90 Å². The first-order valence-electron chi connectivity index (χ1n) is 11.3. The van der Waals surface area contributed by atoms with Crippen molar-refractivity contribution < 1.29 is 9.53 Å². The number of hydrogen-bond donors (Lipinski definition) is 1. The third-order valence-electron chi connectivity index (χ3n) is 7.00. The van der Waals surface area contributed by atoms with E-state index in [1.165, 1.54) is 11.3 Å². The molecule has 6 rings (SSSR count). The Morgan fingerprint density at radius 2 is 1.79 bits per heavy atom. The molecule has 166 valence electrons. The summed E-state index contributed by atoms with van der Waals surface area (Å²) < 4.78 is 5.57. The minimum atomic E-state index is -0.235. The van der Waals surface area contributed by atoms with Gasteiger partial charge in [0.1, 0.15) is 24.4 Å². The van der Waals surface area contributed by atoms with Crippen molar-refractivity contribution in [3.63, 3.8) is 0 Å². The summed E-state index contributed by atoms with van der Waals surface area (Å²) in [6.07, 6.45) is 5.07. The molecule has 7 heteroatoms. The van der Waals surface area contributed by atoms with E-state index >= 15 is 0 Å². The summed E-state index contributed by atoms with van der Waals surface area (Å²) in [4.78, 5) is 29.0. The van der Waals surface area contributed by atoms with Gasteiger partial charge in [-0.3, -0.25) is 0 Å². The van der Waals surface area contributed by atoms with Crippen molar-refractivity contribution in [1.82, 2.24) is 19.9 Å². The molecule has 1 fully saturated rings. The van der Waals surface area contributed by atoms with Gasteiger partial charge in [0.05, 0.1) is 5.39 Å². The van der Waals surface area contributed by atoms with Crippen LogP contribution in [0.5, 0.6) is 0 Å². The van der Waals surface area contributed by atoms with Gasteiger partial charge in [0.2, 0.25) is 0 Å². The first-order valence-corrected chi connectivity index (χ1v) is 11.3. The fourth-order valence-corrected chi connectivity index (χ4v) is 5.25. The normalized spacial score (nSPS) is 16.8. The average Bonchev–Trinajstić information content (AvgIpc) is 3.47. The number of amides is 1. The van der Waals surface area contributed by atoms with Gasteiger partial charge in [-0.15, -0.1) is 0 Å². The van der Waals surface area contributed by atoms with Crippen molar-refractivity contribution in [3.8, 4) is 0 Å². The molecule has 0 bridgehead atoms. The van der Waals surface area contributed by atoms with E-state index in [1.807, 2.05) is 47.5 Å². The number of nitrogens with one attached hydrogen (secondary N) is 1. The number of H-pyrrole nitrogens is 1. The fraction of sp³-hybridized carbons (Fsp3) is 0.269. The minimum Gasteiger partial charge on any atom is -0.445 e. The van der Waals surface area contributed by atoms with Crippen LogP contribution in [-0.4, -0.2) is 45.6 Å². The number of para-hydroxylation sites is 1. The highest BCUT2D eigenvalue weighted by atomic mass is 16.6. The zero-order valence-corrected chi connectivity index (χ0v) is 18.3. The van der Waals surface area contributed by atoms with E-state index in [0.29, 0.717) is 19.7 Å². The van der Waals surface area contributed by atoms with Crippen LogP contribution in [0.1, 0.15) is 24.0 Å². The maximum absolute atomic E-state index is 12.7. The molecule has 1 amide bonds. The first-order chi connectivity index (χ1) is 16.2. The molecule has 2 aromatic carbocycles. The monoisotopic (exact) mass is 439 g/mol. The van der Waals surface area contributed by atoms with Gasteiger partial charge < -0.3 is 19.5 Å². The third kappa shape index (κ3) is 3.40. The highest BCUT2D eigenvalue weighted by Crippen LogP contribution is 2.50. The molecule has 0 saturated carbocycles. The number of fused-ring (bicyclic) bond motifs is 3. The molecule has 4 heterocycles. The molecule has 0 atom stereocenters. The van der Waals surface area contributed by atoms with Crippen molar-refractivity contribution in [2.45, 2.75) is 24.9 Å². The van der Waals surface area contributed by atoms with E-state index in [0.717, 1.165) is 41.8 Å². The lowest BCUT2D eigenvalue weighted by molar-refractivity contribution is 0.0791. The van der Waals surface area contributed by atoms with Crippen molar-refractivity contribution >= 4 is 28.6 Å². The number of piperidine rings is 1. The van der Waals surface area contributed by atoms with Gasteiger partial charge in [-0.05, 0) is 36.1 Å². The quantitative estimate of drug-likeness (QED) is 0.497. The number of carbonyl (C=O) groups excluding carboxylic acids is 1. The lowest BCUT2D eigenvalue weighted by Gasteiger charge is -2.39. The Bertz CT molecular complexity index is 1290. The Hall–Kier alpha value is -3.87. The predicted octanol–water partition coefficient (Wildman–Crippen LogP) is 4.78. The fourth-order valence-electron chi connectivity index (χ4n) is 5.25.